The van der Waals surface area contributed by atoms with Gasteiger partial charge in [0, 0.05) is 21.7 Å². The summed E-state index contributed by atoms with van der Waals surface area (Å²) < 4.78 is 0. The Morgan fingerprint density at radius 3 is 2.38 bits per heavy atom. The largest absolute Gasteiger partial charge is 0.397 e. The minimum absolute atomic E-state index is 0.226. The van der Waals surface area contributed by atoms with Crippen LogP contribution in [-0.2, 0) is 0 Å². The Hall–Kier alpha value is -2.89. The first-order valence-corrected chi connectivity index (χ1v) is 10.5. The van der Waals surface area contributed by atoms with Crippen molar-refractivity contribution in [3.63, 3.8) is 0 Å². The van der Waals surface area contributed by atoms with Gasteiger partial charge in [-0.2, -0.15) is 0 Å². The molecule has 3 N–H and O–H groups in total. The van der Waals surface area contributed by atoms with Crippen molar-refractivity contribution in [2.45, 2.75) is 19.8 Å². The molecular weight excluding hydrogens is 402 g/mol. The summed E-state index contributed by atoms with van der Waals surface area (Å²) in [5.74, 6) is 0.217. The molecule has 2 heterocycles. The quantitative estimate of drug-likeness (QED) is 0.391. The van der Waals surface area contributed by atoms with E-state index < -0.39 is 0 Å². The highest BCUT2D eigenvalue weighted by molar-refractivity contribution is 7.21. The van der Waals surface area contributed by atoms with Crippen LogP contribution in [0.3, 0.4) is 0 Å². The van der Waals surface area contributed by atoms with Crippen molar-refractivity contribution in [1.29, 1.82) is 0 Å². The third-order valence-electron chi connectivity index (χ3n) is 4.78. The number of benzene rings is 2. The van der Waals surface area contributed by atoms with Crippen molar-refractivity contribution >= 4 is 50.4 Å². The number of halogens is 1. The number of thiophene rings is 1. The number of pyridine rings is 1. The maximum Gasteiger partial charge on any atom is 0.267 e. The van der Waals surface area contributed by atoms with Gasteiger partial charge in [-0.1, -0.05) is 49.7 Å². The zero-order valence-electron chi connectivity index (χ0n) is 16.1. The Kier molecular flexibility index (Phi) is 5.26. The van der Waals surface area contributed by atoms with E-state index in [1.165, 1.54) is 16.9 Å². The Balaban J connectivity index is 1.62. The normalized spacial score (nSPS) is 11.2. The van der Waals surface area contributed by atoms with Gasteiger partial charge in [-0.3, -0.25) is 4.79 Å². The summed E-state index contributed by atoms with van der Waals surface area (Å²) in [6.45, 7) is 4.27. The van der Waals surface area contributed by atoms with Gasteiger partial charge in [0.1, 0.15) is 9.71 Å². The van der Waals surface area contributed by atoms with Gasteiger partial charge >= 0.3 is 0 Å². The highest BCUT2D eigenvalue weighted by Crippen LogP contribution is 2.35. The minimum Gasteiger partial charge on any atom is -0.397 e. The molecule has 29 heavy (non-hydrogen) atoms. The van der Waals surface area contributed by atoms with Gasteiger partial charge in [0.25, 0.3) is 5.91 Å². The van der Waals surface area contributed by atoms with Crippen molar-refractivity contribution in [1.82, 2.24) is 4.98 Å². The fourth-order valence-electron chi connectivity index (χ4n) is 3.09. The van der Waals surface area contributed by atoms with Gasteiger partial charge in [0.15, 0.2) is 0 Å². The van der Waals surface area contributed by atoms with E-state index in [1.807, 2.05) is 60.7 Å². The lowest BCUT2D eigenvalue weighted by atomic mass is 10.0. The number of carbonyl (C=O) groups excluding carboxylic acids is 1. The second-order valence-electron chi connectivity index (χ2n) is 7.13. The second-order valence-corrected chi connectivity index (χ2v) is 8.57. The second kappa shape index (κ2) is 7.85. The third-order valence-corrected chi connectivity index (χ3v) is 6.14. The first-order valence-electron chi connectivity index (χ1n) is 9.28. The van der Waals surface area contributed by atoms with Crippen molar-refractivity contribution in [2.75, 3.05) is 11.1 Å². The van der Waals surface area contributed by atoms with Crippen molar-refractivity contribution < 1.29 is 4.79 Å². The van der Waals surface area contributed by atoms with Gasteiger partial charge in [0.05, 0.1) is 11.4 Å². The number of aromatic nitrogens is 1. The molecule has 6 heteroatoms. The maximum atomic E-state index is 12.8. The van der Waals surface area contributed by atoms with Crippen LogP contribution >= 0.6 is 22.9 Å². The van der Waals surface area contributed by atoms with E-state index in [1.54, 1.807) is 0 Å². The summed E-state index contributed by atoms with van der Waals surface area (Å²) >= 11 is 7.26. The Morgan fingerprint density at radius 1 is 1.03 bits per heavy atom. The summed E-state index contributed by atoms with van der Waals surface area (Å²) in [7, 11) is 0. The number of fused-ring (bicyclic) bond motifs is 1. The molecule has 0 unspecified atom stereocenters. The van der Waals surface area contributed by atoms with Crippen LogP contribution in [0, 0.1) is 0 Å². The molecular formula is C23H20ClN3OS. The first kappa shape index (κ1) is 19.4. The summed E-state index contributed by atoms with van der Waals surface area (Å²) in [4.78, 5) is 18.7. The lowest BCUT2D eigenvalue weighted by Gasteiger charge is -2.08. The average molecular weight is 422 g/mol. The molecule has 4 nitrogen and oxygen atoms in total. The smallest absolute Gasteiger partial charge is 0.267 e. The number of nitrogen functional groups attached to an aromatic ring is 1. The molecule has 0 bridgehead atoms. The highest BCUT2D eigenvalue weighted by atomic mass is 35.5. The Morgan fingerprint density at radius 2 is 1.72 bits per heavy atom. The van der Waals surface area contributed by atoms with E-state index in [0.717, 1.165) is 27.2 Å². The SMILES string of the molecule is CC(C)c1ccc(NC(=O)c2sc3nc(-c4ccc(Cl)cc4)ccc3c2N)cc1. The molecule has 0 saturated heterocycles. The molecule has 4 aromatic rings. The monoisotopic (exact) mass is 421 g/mol. The topological polar surface area (TPSA) is 68.0 Å². The van der Waals surface area contributed by atoms with E-state index in [0.29, 0.717) is 21.5 Å². The number of nitrogens with one attached hydrogen (secondary N) is 1. The fourth-order valence-corrected chi connectivity index (χ4v) is 4.20. The summed E-state index contributed by atoms with van der Waals surface area (Å²) in [5.41, 5.74) is 10.4. The van der Waals surface area contributed by atoms with Crippen molar-refractivity contribution in [3.8, 4) is 11.3 Å². The average Bonchev–Trinajstić information content (AvgIpc) is 3.05. The summed E-state index contributed by atoms with van der Waals surface area (Å²) in [6, 6.07) is 19.2. The van der Waals surface area contributed by atoms with Crippen LogP contribution in [-0.4, -0.2) is 10.9 Å². The van der Waals surface area contributed by atoms with E-state index in [4.69, 9.17) is 22.3 Å². The number of nitrogens with zero attached hydrogens (tertiary/aromatic N) is 1. The number of hydrogen-bond acceptors (Lipinski definition) is 4. The van der Waals surface area contributed by atoms with Crippen LogP contribution in [0.4, 0.5) is 11.4 Å². The molecule has 0 aliphatic carbocycles. The van der Waals surface area contributed by atoms with Gasteiger partial charge in [-0.05, 0) is 47.9 Å². The van der Waals surface area contributed by atoms with Gasteiger partial charge in [-0.25, -0.2) is 4.98 Å². The minimum atomic E-state index is -0.226. The van der Waals surface area contributed by atoms with Crippen LogP contribution in [0.15, 0.2) is 60.7 Å². The lowest BCUT2D eigenvalue weighted by Crippen LogP contribution is -2.11. The maximum absolute atomic E-state index is 12.8. The van der Waals surface area contributed by atoms with E-state index in [9.17, 15) is 4.79 Å². The highest BCUT2D eigenvalue weighted by Gasteiger charge is 2.18. The standard InChI is InChI=1S/C23H20ClN3OS/c1-13(2)14-5-9-17(10-6-14)26-22(28)21-20(25)18-11-12-19(27-23(18)29-21)15-3-7-16(24)8-4-15/h3-13H,25H2,1-2H3,(H,26,28). The van der Waals surface area contributed by atoms with Crippen molar-refractivity contribution in [3.05, 3.63) is 76.1 Å². The molecule has 0 atom stereocenters. The zero-order valence-corrected chi connectivity index (χ0v) is 17.6. The van der Waals surface area contributed by atoms with Crippen LogP contribution in [0.1, 0.15) is 35.0 Å². The molecule has 0 radical (unpaired) electrons. The number of rotatable bonds is 4. The summed E-state index contributed by atoms with van der Waals surface area (Å²) in [5, 5.41) is 4.39. The Labute approximate surface area is 178 Å². The van der Waals surface area contributed by atoms with Gasteiger partial charge < -0.3 is 11.1 Å². The fraction of sp³-hybridized carbons (Fsp3) is 0.130. The molecule has 2 aromatic carbocycles. The number of carbonyl (C=O) groups is 1. The molecule has 4 rings (SSSR count). The number of anilines is 2. The molecule has 0 spiro atoms. The predicted molar refractivity (Wildman–Crippen MR) is 123 cm³/mol. The molecule has 1 amide bonds. The van der Waals surface area contributed by atoms with Crippen LogP contribution in [0.25, 0.3) is 21.5 Å². The molecule has 146 valence electrons. The molecule has 0 fully saturated rings. The van der Waals surface area contributed by atoms with Gasteiger partial charge in [-0.15, -0.1) is 11.3 Å². The number of hydrogen-bond donors (Lipinski definition) is 2. The van der Waals surface area contributed by atoms with Crippen molar-refractivity contribution in [2.24, 2.45) is 0 Å². The molecule has 0 aliphatic heterocycles. The third kappa shape index (κ3) is 3.97. The van der Waals surface area contributed by atoms with E-state index in [-0.39, 0.29) is 5.91 Å². The van der Waals surface area contributed by atoms with Gasteiger partial charge in [0.2, 0.25) is 0 Å². The van der Waals surface area contributed by atoms with Crippen LogP contribution in [0.5, 0.6) is 0 Å². The molecule has 0 aliphatic rings. The number of amides is 1. The van der Waals surface area contributed by atoms with Crippen LogP contribution in [0.2, 0.25) is 5.02 Å². The lowest BCUT2D eigenvalue weighted by molar-refractivity contribution is 0.103. The molecule has 0 saturated carbocycles. The number of nitrogens with two attached hydrogens (primary N) is 1. The summed E-state index contributed by atoms with van der Waals surface area (Å²) in [6.07, 6.45) is 0. The van der Waals surface area contributed by atoms with Crippen LogP contribution < -0.4 is 11.1 Å². The van der Waals surface area contributed by atoms with E-state index in [2.05, 4.69) is 19.2 Å². The molecule has 2 aromatic heterocycles. The zero-order chi connectivity index (χ0) is 20.5. The Bertz CT molecular complexity index is 1180. The first-order chi connectivity index (χ1) is 13.9. The van der Waals surface area contributed by atoms with E-state index >= 15 is 0 Å². The predicted octanol–water partition coefficient (Wildman–Crippen LogP) is 6.57.